The van der Waals surface area contributed by atoms with E-state index in [1.54, 1.807) is 0 Å². The van der Waals surface area contributed by atoms with Gasteiger partial charge in [-0.1, -0.05) is 349 Å². The van der Waals surface area contributed by atoms with Gasteiger partial charge in [0, 0.05) is 72.1 Å². The minimum atomic E-state index is -0.303. The van der Waals surface area contributed by atoms with Crippen LogP contribution < -0.4 is 26.2 Å². The number of benzene rings is 15. The molecular formula is C114H105BN2O2. The average Bonchev–Trinajstić information content (AvgIpc) is 1.13. The highest BCUT2D eigenvalue weighted by molar-refractivity contribution is 7.00. The first-order valence-electron chi connectivity index (χ1n) is 42.6. The number of furan rings is 2. The monoisotopic (exact) mass is 1540 g/mol. The van der Waals surface area contributed by atoms with E-state index in [-0.39, 0.29) is 39.2 Å². The van der Waals surface area contributed by atoms with Crippen LogP contribution in [-0.2, 0) is 32.5 Å². The molecule has 4 nitrogen and oxygen atoms in total. The molecule has 0 aliphatic carbocycles. The highest BCUT2D eigenvalue weighted by Crippen LogP contribution is 2.57. The lowest BCUT2D eigenvalue weighted by Crippen LogP contribution is -2.61. The lowest BCUT2D eigenvalue weighted by Gasteiger charge is -2.46. The topological polar surface area (TPSA) is 32.8 Å². The van der Waals surface area contributed by atoms with Gasteiger partial charge in [0.1, 0.15) is 22.3 Å². The third kappa shape index (κ3) is 13.6. The summed E-state index contributed by atoms with van der Waals surface area (Å²) in [5.41, 5.74) is 38.4. The average molecular weight is 1550 g/mol. The Morgan fingerprint density at radius 2 is 0.513 bits per heavy atom. The normalized spacial score (nSPS) is 13.2. The molecule has 0 radical (unpaired) electrons. The van der Waals surface area contributed by atoms with Gasteiger partial charge in [-0.25, -0.2) is 0 Å². The summed E-state index contributed by atoms with van der Waals surface area (Å²) in [7, 11) is 0. The summed E-state index contributed by atoms with van der Waals surface area (Å²) in [6.45, 7) is 42.2. The van der Waals surface area contributed by atoms with Crippen molar-refractivity contribution in [3.63, 3.8) is 0 Å². The smallest absolute Gasteiger partial charge is 0.252 e. The van der Waals surface area contributed by atoms with Gasteiger partial charge in [0.05, 0.1) is 11.4 Å². The third-order valence-corrected chi connectivity index (χ3v) is 25.3. The maximum absolute atomic E-state index is 7.24. The number of fused-ring (bicyclic) bond motifs is 10. The lowest BCUT2D eigenvalue weighted by atomic mass is 9.33. The SMILES string of the molecule is CC(C)(C)c1cc(-c2ccc3c(c2)N(c2c(-c4ccccc4)cc(C(C)(C)C)cc2-c2ccccc2)c2cc(-c4cc(-c5ccc6oc7ccccc7c6c5)c5oc6ccccc6c5c4)cc4c2B3c2ccc(-c3cc(C(C)(C)C)cc(C(C)(C)C)c3)cc2N4c2c(-c3ccccc3)cc(C(C)(C)C)cc2-c2ccccc2)cc(C(C)(C)C)c1. The summed E-state index contributed by atoms with van der Waals surface area (Å²) in [6, 6.07) is 119. The van der Waals surface area contributed by atoms with E-state index in [0.29, 0.717) is 0 Å². The molecule has 2 aliphatic rings. The first-order chi connectivity index (χ1) is 56.8. The van der Waals surface area contributed by atoms with Gasteiger partial charge < -0.3 is 18.6 Å². The number of nitrogens with zero attached hydrogens (tertiary/aromatic N) is 2. The Balaban J connectivity index is 1.03. The Bertz CT molecular complexity index is 6410. The lowest BCUT2D eigenvalue weighted by molar-refractivity contribution is 0.568. The zero-order valence-electron chi connectivity index (χ0n) is 72.2. The van der Waals surface area contributed by atoms with Gasteiger partial charge in [0.15, 0.2) is 0 Å². The van der Waals surface area contributed by atoms with Crippen molar-refractivity contribution in [1.29, 1.82) is 0 Å². The fourth-order valence-electron chi connectivity index (χ4n) is 18.4. The fourth-order valence-corrected chi connectivity index (χ4v) is 18.4. The molecule has 586 valence electrons. The van der Waals surface area contributed by atoms with Crippen LogP contribution in [0, 0.1) is 0 Å². The fraction of sp³-hybridized carbons (Fsp3) is 0.211. The van der Waals surface area contributed by atoms with Crippen LogP contribution in [0.2, 0.25) is 0 Å². The number of rotatable bonds is 10. The maximum Gasteiger partial charge on any atom is 0.252 e. The van der Waals surface area contributed by atoms with Gasteiger partial charge in [-0.15, -0.1) is 0 Å². The quantitative estimate of drug-likeness (QED) is 0.128. The van der Waals surface area contributed by atoms with Crippen LogP contribution in [0.1, 0.15) is 158 Å². The van der Waals surface area contributed by atoms with Gasteiger partial charge >= 0.3 is 0 Å². The molecule has 4 heterocycles. The molecule has 0 amide bonds. The molecule has 0 spiro atoms. The van der Waals surface area contributed by atoms with Gasteiger partial charge in [-0.05, 0) is 228 Å². The molecule has 19 rings (SSSR count). The van der Waals surface area contributed by atoms with E-state index < -0.39 is 0 Å². The van der Waals surface area contributed by atoms with E-state index in [1.807, 2.05) is 0 Å². The summed E-state index contributed by atoms with van der Waals surface area (Å²) in [5.74, 6) is 0. The van der Waals surface area contributed by atoms with Crippen LogP contribution >= 0.6 is 0 Å². The van der Waals surface area contributed by atoms with Crippen LogP contribution in [0.4, 0.5) is 34.1 Å². The maximum atomic E-state index is 7.24. The highest BCUT2D eigenvalue weighted by atomic mass is 16.3. The second-order valence-corrected chi connectivity index (χ2v) is 39.8. The van der Waals surface area contributed by atoms with Crippen LogP contribution in [0.3, 0.4) is 0 Å². The molecule has 17 aromatic rings. The van der Waals surface area contributed by atoms with E-state index in [1.165, 1.54) is 60.9 Å². The summed E-state index contributed by atoms with van der Waals surface area (Å²) in [4.78, 5) is 5.50. The van der Waals surface area contributed by atoms with E-state index in [0.717, 1.165) is 156 Å². The van der Waals surface area contributed by atoms with Crippen molar-refractivity contribution in [3.8, 4) is 89.0 Å². The molecule has 2 aliphatic heterocycles. The number of para-hydroxylation sites is 2. The standard InChI is InChI=1S/C114H105BN2O2/c1-109(2,3)81-53-77(54-82(64-81)110(4,5)6)74-47-50-96-98(60-74)116(106-89(70-35-23-19-24-36-70)66-85(113(13,14)15)67-90(106)71-37-25-20-26-38-71)100-62-80(79-58-93(108-95(59-79)88-44-32-34-46-103(88)119-108)76-49-52-104-94(57-76)87-43-31-33-45-102(87)118-104)63-101-105(100)115(96)97-51-48-75(78-55-83(111(7,8)9)65-84(56-78)112(10,11)12)61-99(97)117(101)107-91(72-39-27-21-28-40-72)68-86(114(16,17)18)69-92(107)73-41-29-22-30-42-73/h19-69H,1-18H3. The first kappa shape index (κ1) is 76.5. The molecule has 5 heteroatoms. The first-order valence-corrected chi connectivity index (χ1v) is 42.6. The number of anilines is 6. The molecule has 0 fully saturated rings. The van der Waals surface area contributed by atoms with Crippen LogP contribution in [-0.4, -0.2) is 6.71 Å². The van der Waals surface area contributed by atoms with E-state index in [4.69, 9.17) is 8.83 Å². The van der Waals surface area contributed by atoms with Crippen molar-refractivity contribution in [1.82, 2.24) is 0 Å². The molecule has 0 atom stereocenters. The van der Waals surface area contributed by atoms with Gasteiger partial charge in [-0.3, -0.25) is 0 Å². The van der Waals surface area contributed by atoms with E-state index in [9.17, 15) is 0 Å². The van der Waals surface area contributed by atoms with Crippen molar-refractivity contribution in [2.75, 3.05) is 9.80 Å². The van der Waals surface area contributed by atoms with Crippen molar-refractivity contribution in [2.45, 2.75) is 157 Å². The van der Waals surface area contributed by atoms with Crippen molar-refractivity contribution in [3.05, 3.63) is 343 Å². The minimum absolute atomic E-state index is 0.134. The summed E-state index contributed by atoms with van der Waals surface area (Å²) in [6.07, 6.45) is 0. The molecule has 2 aromatic heterocycles. The molecule has 0 saturated heterocycles. The minimum Gasteiger partial charge on any atom is -0.456 e. The number of hydrogen-bond acceptors (Lipinski definition) is 4. The molecular weight excluding hydrogens is 1440 g/mol. The second kappa shape index (κ2) is 28.1. The summed E-state index contributed by atoms with van der Waals surface area (Å²) >= 11 is 0. The zero-order chi connectivity index (χ0) is 82.7. The van der Waals surface area contributed by atoms with Crippen molar-refractivity contribution < 1.29 is 8.83 Å². The predicted octanol–water partition coefficient (Wildman–Crippen LogP) is 30.7. The molecule has 0 unspecified atom stereocenters. The Morgan fingerprint density at radius 1 is 0.210 bits per heavy atom. The summed E-state index contributed by atoms with van der Waals surface area (Å²) in [5, 5.41) is 4.23. The molecule has 15 aromatic carbocycles. The molecule has 119 heavy (non-hydrogen) atoms. The highest BCUT2D eigenvalue weighted by Gasteiger charge is 2.47. The molecule has 0 N–H and O–H groups in total. The van der Waals surface area contributed by atoms with E-state index in [2.05, 4.69) is 444 Å². The third-order valence-electron chi connectivity index (χ3n) is 25.3. The largest absolute Gasteiger partial charge is 0.456 e. The Hall–Kier alpha value is -12.4. The van der Waals surface area contributed by atoms with Gasteiger partial charge in [0.25, 0.3) is 6.71 Å². The van der Waals surface area contributed by atoms with Crippen LogP contribution in [0.25, 0.3) is 133 Å². The molecule has 0 bridgehead atoms. The predicted molar refractivity (Wildman–Crippen MR) is 511 cm³/mol. The zero-order valence-corrected chi connectivity index (χ0v) is 72.2. The van der Waals surface area contributed by atoms with Crippen molar-refractivity contribution in [2.24, 2.45) is 0 Å². The van der Waals surface area contributed by atoms with Gasteiger partial charge in [-0.2, -0.15) is 0 Å². The Labute approximate surface area is 704 Å². The number of hydrogen-bond donors (Lipinski definition) is 0. The Kier molecular flexibility index (Phi) is 18.1. The van der Waals surface area contributed by atoms with Crippen LogP contribution in [0.5, 0.6) is 0 Å². The van der Waals surface area contributed by atoms with Crippen molar-refractivity contribution >= 4 is 101 Å². The summed E-state index contributed by atoms with van der Waals surface area (Å²) < 4.78 is 13.8. The molecule has 0 saturated carbocycles. The van der Waals surface area contributed by atoms with Gasteiger partial charge in [0.2, 0.25) is 0 Å². The van der Waals surface area contributed by atoms with E-state index >= 15 is 0 Å². The Morgan fingerprint density at radius 3 is 0.899 bits per heavy atom. The second-order valence-electron chi connectivity index (χ2n) is 39.8. The van der Waals surface area contributed by atoms with Crippen LogP contribution in [0.15, 0.2) is 318 Å².